The number of carbonyl (C=O) groups excluding carboxylic acids is 4. The Balaban J connectivity index is 0.000000280. The number of esters is 4. The third kappa shape index (κ3) is 11.8. The van der Waals surface area contributed by atoms with Gasteiger partial charge in [0, 0.05) is 17.1 Å². The Bertz CT molecular complexity index is 1960. The second kappa shape index (κ2) is 19.3. The summed E-state index contributed by atoms with van der Waals surface area (Å²) in [6.45, 7) is 1.59. The van der Waals surface area contributed by atoms with Crippen molar-refractivity contribution in [3.05, 3.63) is 118 Å². The fourth-order valence-electron chi connectivity index (χ4n) is 4.03. The van der Waals surface area contributed by atoms with Crippen molar-refractivity contribution in [2.24, 2.45) is 0 Å². The highest BCUT2D eigenvalue weighted by Crippen LogP contribution is 2.20. The lowest BCUT2D eigenvalue weighted by Crippen LogP contribution is -2.08. The molecule has 0 bridgehead atoms. The van der Waals surface area contributed by atoms with Gasteiger partial charge in [-0.2, -0.15) is 8.42 Å². The highest BCUT2D eigenvalue weighted by atomic mass is 32.2. The van der Waals surface area contributed by atoms with Gasteiger partial charge in [-0.1, -0.05) is 29.8 Å². The van der Waals surface area contributed by atoms with E-state index in [0.717, 1.165) is 5.56 Å². The zero-order chi connectivity index (χ0) is 38.3. The second-order valence-electron chi connectivity index (χ2n) is 10.3. The van der Waals surface area contributed by atoms with Crippen molar-refractivity contribution in [3.8, 4) is 0 Å². The molecular formula is C35H39N3O12S. The number of benzene rings is 4. The number of methoxy groups -OCH3 is 4. The number of ether oxygens (including phenoxy) is 4. The average Bonchev–Trinajstić information content (AvgIpc) is 3.13. The summed E-state index contributed by atoms with van der Waals surface area (Å²) in [5, 5.41) is 8.78. The molecule has 0 unspecified atom stereocenters. The van der Waals surface area contributed by atoms with Crippen molar-refractivity contribution in [1.29, 1.82) is 0 Å². The summed E-state index contributed by atoms with van der Waals surface area (Å²) in [5.41, 5.74) is 20.8. The fraction of sp³-hybridized carbons (Fsp3) is 0.200. The molecule has 0 heterocycles. The molecule has 0 aliphatic rings. The number of aliphatic hydroxyl groups excluding tert-OH is 1. The predicted octanol–water partition coefficient (Wildman–Crippen LogP) is 3.66. The molecular weight excluding hydrogens is 686 g/mol. The molecule has 7 N–H and O–H groups in total. The predicted molar refractivity (Wildman–Crippen MR) is 187 cm³/mol. The molecule has 0 amide bonds. The minimum absolute atomic E-state index is 0.0854. The number of aliphatic hydroxyl groups is 1. The van der Waals surface area contributed by atoms with E-state index in [4.69, 9.17) is 26.5 Å². The van der Waals surface area contributed by atoms with Crippen LogP contribution in [0, 0.1) is 6.92 Å². The largest absolute Gasteiger partial charge is 0.465 e. The van der Waals surface area contributed by atoms with Crippen molar-refractivity contribution in [2.75, 3.05) is 45.6 Å². The molecule has 0 saturated heterocycles. The molecule has 0 fully saturated rings. The lowest BCUT2D eigenvalue weighted by molar-refractivity contribution is 0.0587. The van der Waals surface area contributed by atoms with E-state index in [1.807, 2.05) is 6.92 Å². The van der Waals surface area contributed by atoms with Gasteiger partial charge in [0.25, 0.3) is 10.1 Å². The van der Waals surface area contributed by atoms with Crippen LogP contribution >= 0.6 is 0 Å². The quantitative estimate of drug-likeness (QED) is 0.0832. The van der Waals surface area contributed by atoms with Gasteiger partial charge < -0.3 is 41.3 Å². The fourth-order valence-corrected chi connectivity index (χ4v) is 4.92. The Morgan fingerprint density at radius 3 is 1.41 bits per heavy atom. The van der Waals surface area contributed by atoms with Crippen LogP contribution in [0.15, 0.2) is 83.8 Å². The summed E-state index contributed by atoms with van der Waals surface area (Å²) >= 11 is 0. The van der Waals surface area contributed by atoms with E-state index in [-0.39, 0.29) is 40.6 Å². The molecule has 51 heavy (non-hydrogen) atoms. The summed E-state index contributed by atoms with van der Waals surface area (Å²) < 4.78 is 47.3. The Hall–Kier alpha value is -5.97. The minimum atomic E-state index is -3.85. The summed E-state index contributed by atoms with van der Waals surface area (Å²) in [6.07, 6.45) is 0. The van der Waals surface area contributed by atoms with Gasteiger partial charge in [0.1, 0.15) is 0 Å². The lowest BCUT2D eigenvalue weighted by atomic mass is 10.1. The first-order valence-corrected chi connectivity index (χ1v) is 16.1. The van der Waals surface area contributed by atoms with Crippen LogP contribution in [0.5, 0.6) is 0 Å². The molecule has 0 saturated carbocycles. The molecule has 0 spiro atoms. The number of aryl methyl sites for hydroxylation is 1. The Morgan fingerprint density at radius 1 is 0.588 bits per heavy atom. The van der Waals surface area contributed by atoms with E-state index in [2.05, 4.69) is 18.9 Å². The Morgan fingerprint density at radius 2 is 1.00 bits per heavy atom. The van der Waals surface area contributed by atoms with Gasteiger partial charge >= 0.3 is 23.9 Å². The van der Waals surface area contributed by atoms with Crippen molar-refractivity contribution >= 4 is 51.1 Å². The molecule has 0 aliphatic heterocycles. The van der Waals surface area contributed by atoms with E-state index in [1.165, 1.54) is 77.0 Å². The van der Waals surface area contributed by atoms with Gasteiger partial charge in [0.05, 0.1) is 68.8 Å². The van der Waals surface area contributed by atoms with Gasteiger partial charge in [-0.3, -0.25) is 4.18 Å². The van der Waals surface area contributed by atoms with Crippen LogP contribution in [0.3, 0.4) is 0 Å². The van der Waals surface area contributed by atoms with Crippen molar-refractivity contribution in [1.82, 2.24) is 0 Å². The lowest BCUT2D eigenvalue weighted by Gasteiger charge is -2.08. The topological polar surface area (TPSA) is 247 Å². The molecule has 0 aliphatic carbocycles. The van der Waals surface area contributed by atoms with Gasteiger partial charge in [-0.05, 0) is 72.6 Å². The molecule has 4 aromatic carbocycles. The van der Waals surface area contributed by atoms with E-state index < -0.39 is 34.0 Å². The molecule has 15 nitrogen and oxygen atoms in total. The Kier molecular flexibility index (Phi) is 15.6. The van der Waals surface area contributed by atoms with Crippen LogP contribution in [0.1, 0.15) is 58.1 Å². The summed E-state index contributed by atoms with van der Waals surface area (Å²) in [4.78, 5) is 44.9. The van der Waals surface area contributed by atoms with Crippen molar-refractivity contribution < 1.29 is 55.8 Å². The van der Waals surface area contributed by atoms with E-state index >= 15 is 0 Å². The van der Waals surface area contributed by atoms with Crippen LogP contribution in [0.25, 0.3) is 0 Å². The summed E-state index contributed by atoms with van der Waals surface area (Å²) in [7, 11) is 1.23. The smallest absolute Gasteiger partial charge is 0.339 e. The van der Waals surface area contributed by atoms with E-state index in [1.54, 1.807) is 30.3 Å². The number of rotatable bonds is 9. The van der Waals surface area contributed by atoms with E-state index in [0.29, 0.717) is 27.9 Å². The highest BCUT2D eigenvalue weighted by molar-refractivity contribution is 7.86. The van der Waals surface area contributed by atoms with Crippen LogP contribution in [-0.2, 0) is 46.5 Å². The minimum Gasteiger partial charge on any atom is -0.465 e. The van der Waals surface area contributed by atoms with Crippen LogP contribution in [0.4, 0.5) is 17.1 Å². The van der Waals surface area contributed by atoms with Gasteiger partial charge in [0.15, 0.2) is 0 Å². The van der Waals surface area contributed by atoms with Gasteiger partial charge in [-0.15, -0.1) is 0 Å². The van der Waals surface area contributed by atoms with Crippen LogP contribution in [-0.4, -0.2) is 65.8 Å². The second-order valence-corrected chi connectivity index (χ2v) is 11.9. The molecule has 16 heteroatoms. The first-order chi connectivity index (χ1) is 24.1. The SMILES string of the molecule is COC(=O)c1ccc(C(=O)OC)c(N)c1.COC(=O)c1ccc(CO)cc1N.COC(=O)c1ccc(COS(=O)(=O)c2ccc(C)cc2)cc1N. The zero-order valence-corrected chi connectivity index (χ0v) is 29.3. The molecule has 0 aromatic heterocycles. The van der Waals surface area contributed by atoms with E-state index in [9.17, 15) is 27.6 Å². The normalized spacial score (nSPS) is 10.3. The maximum Gasteiger partial charge on any atom is 0.339 e. The summed E-state index contributed by atoms with van der Waals surface area (Å²) in [5.74, 6) is -2.06. The number of hydrogen-bond acceptors (Lipinski definition) is 15. The highest BCUT2D eigenvalue weighted by Gasteiger charge is 2.17. The molecule has 272 valence electrons. The number of nitrogen functional groups attached to an aromatic ring is 3. The molecule has 4 rings (SSSR count). The van der Waals surface area contributed by atoms with Crippen molar-refractivity contribution in [2.45, 2.75) is 25.0 Å². The monoisotopic (exact) mass is 725 g/mol. The summed E-state index contributed by atoms with van der Waals surface area (Å²) in [6, 6.07) is 19.8. The molecule has 0 atom stereocenters. The third-order valence-electron chi connectivity index (χ3n) is 6.79. The number of carbonyl (C=O) groups is 4. The number of nitrogens with two attached hydrogens (primary N) is 3. The molecule has 4 aromatic rings. The van der Waals surface area contributed by atoms with Gasteiger partial charge in [-0.25, -0.2) is 19.2 Å². The van der Waals surface area contributed by atoms with Crippen LogP contribution in [0.2, 0.25) is 0 Å². The number of anilines is 3. The maximum absolute atomic E-state index is 12.1. The average molecular weight is 726 g/mol. The first kappa shape index (κ1) is 41.2. The third-order valence-corrected chi connectivity index (χ3v) is 8.07. The Labute approximate surface area is 294 Å². The number of hydrogen-bond donors (Lipinski definition) is 4. The molecule has 0 radical (unpaired) electrons. The van der Waals surface area contributed by atoms with Crippen LogP contribution < -0.4 is 17.2 Å². The first-order valence-electron chi connectivity index (χ1n) is 14.7. The van der Waals surface area contributed by atoms with Crippen molar-refractivity contribution in [3.63, 3.8) is 0 Å². The van der Waals surface area contributed by atoms with Gasteiger partial charge in [0.2, 0.25) is 0 Å². The zero-order valence-electron chi connectivity index (χ0n) is 28.5. The standard InChI is InChI=1S/C16H17NO5S.C10H11NO4.C9H11NO3/c1-11-3-6-13(7-4-11)23(19,20)22-10-12-5-8-14(15(17)9-12)16(18)21-2;1-14-9(12)6-3-4-7(8(11)5-6)10(13)15-2;1-13-9(12)7-3-2-6(5-11)4-8(7)10/h3-9H,10,17H2,1-2H3;3-5H,11H2,1-2H3;2-4,11H,5,10H2,1H3. The maximum atomic E-state index is 12.1.